The Morgan fingerprint density at radius 2 is 2.00 bits per heavy atom. The predicted molar refractivity (Wildman–Crippen MR) is 81.7 cm³/mol. The zero-order chi connectivity index (χ0) is 15.0. The standard InChI is InChI=1S/C16H21N3O2/c1-11-5-12(2)8-18(7-11)14-3-4-15-17-13(6-16(20)21)9-19(15)10-14/h3-4,9-12H,5-8H2,1-2H3,(H,20,21). The molecule has 2 atom stereocenters. The molecule has 2 aromatic rings. The lowest BCUT2D eigenvalue weighted by molar-refractivity contribution is -0.136. The number of aliphatic carboxylic acids is 1. The third-order valence-electron chi connectivity index (χ3n) is 4.05. The molecule has 0 aromatic carbocycles. The summed E-state index contributed by atoms with van der Waals surface area (Å²) in [4.78, 5) is 17.5. The van der Waals surface area contributed by atoms with E-state index in [-0.39, 0.29) is 6.42 Å². The Balaban J connectivity index is 1.88. The molecule has 2 aromatic heterocycles. The van der Waals surface area contributed by atoms with Crippen LogP contribution in [0.15, 0.2) is 24.5 Å². The van der Waals surface area contributed by atoms with E-state index in [1.54, 1.807) is 0 Å². The van der Waals surface area contributed by atoms with Crippen LogP contribution in [0.5, 0.6) is 0 Å². The number of carboxylic acid groups (broad SMARTS) is 1. The van der Waals surface area contributed by atoms with Gasteiger partial charge in [-0.3, -0.25) is 4.79 Å². The fraction of sp³-hybridized carbons (Fsp3) is 0.500. The topological polar surface area (TPSA) is 57.8 Å². The van der Waals surface area contributed by atoms with Crippen LogP contribution in [-0.2, 0) is 11.2 Å². The number of carbonyl (C=O) groups is 1. The Kier molecular flexibility index (Phi) is 3.57. The van der Waals surface area contributed by atoms with E-state index in [0.717, 1.165) is 18.7 Å². The number of fused-ring (bicyclic) bond motifs is 1. The van der Waals surface area contributed by atoms with Crippen LogP contribution < -0.4 is 4.90 Å². The second-order valence-corrected chi connectivity index (χ2v) is 6.31. The molecule has 3 rings (SSSR count). The van der Waals surface area contributed by atoms with E-state index >= 15 is 0 Å². The summed E-state index contributed by atoms with van der Waals surface area (Å²) in [5.41, 5.74) is 2.58. The number of anilines is 1. The van der Waals surface area contributed by atoms with Gasteiger partial charge in [0, 0.05) is 25.5 Å². The van der Waals surface area contributed by atoms with Crippen molar-refractivity contribution >= 4 is 17.3 Å². The Hall–Kier alpha value is -2.04. The van der Waals surface area contributed by atoms with E-state index in [4.69, 9.17) is 5.11 Å². The lowest BCUT2D eigenvalue weighted by atomic mass is 9.92. The van der Waals surface area contributed by atoms with Crippen LogP contribution in [0.25, 0.3) is 5.65 Å². The summed E-state index contributed by atoms with van der Waals surface area (Å²) in [5, 5.41) is 8.85. The van der Waals surface area contributed by atoms with Crippen LogP contribution in [0.4, 0.5) is 5.69 Å². The highest BCUT2D eigenvalue weighted by atomic mass is 16.4. The molecule has 1 fully saturated rings. The van der Waals surface area contributed by atoms with Crippen LogP contribution in [-0.4, -0.2) is 33.6 Å². The quantitative estimate of drug-likeness (QED) is 0.942. The van der Waals surface area contributed by atoms with E-state index < -0.39 is 5.97 Å². The molecule has 112 valence electrons. The number of carboxylic acids is 1. The third-order valence-corrected chi connectivity index (χ3v) is 4.05. The zero-order valence-corrected chi connectivity index (χ0v) is 12.5. The van der Waals surface area contributed by atoms with Crippen molar-refractivity contribution in [3.63, 3.8) is 0 Å². The molecule has 0 bridgehead atoms. The first-order chi connectivity index (χ1) is 10.0. The number of piperidine rings is 1. The average Bonchev–Trinajstić information content (AvgIpc) is 2.77. The van der Waals surface area contributed by atoms with Gasteiger partial charge in [-0.25, -0.2) is 4.98 Å². The van der Waals surface area contributed by atoms with Gasteiger partial charge in [0.2, 0.25) is 0 Å². The number of aromatic nitrogens is 2. The molecule has 5 nitrogen and oxygen atoms in total. The highest BCUT2D eigenvalue weighted by Gasteiger charge is 2.22. The number of hydrogen-bond donors (Lipinski definition) is 1. The van der Waals surface area contributed by atoms with Crippen molar-refractivity contribution < 1.29 is 9.90 Å². The Morgan fingerprint density at radius 3 is 2.67 bits per heavy atom. The lowest BCUT2D eigenvalue weighted by Crippen LogP contribution is -2.38. The van der Waals surface area contributed by atoms with Gasteiger partial charge in [0.15, 0.2) is 0 Å². The van der Waals surface area contributed by atoms with E-state index in [1.165, 1.54) is 12.1 Å². The largest absolute Gasteiger partial charge is 0.481 e. The Labute approximate surface area is 124 Å². The summed E-state index contributed by atoms with van der Waals surface area (Å²) in [6.45, 7) is 6.74. The van der Waals surface area contributed by atoms with Gasteiger partial charge in [0.25, 0.3) is 0 Å². The molecular formula is C16H21N3O2. The van der Waals surface area contributed by atoms with Crippen molar-refractivity contribution in [3.05, 3.63) is 30.2 Å². The van der Waals surface area contributed by atoms with E-state index in [0.29, 0.717) is 17.5 Å². The molecule has 0 saturated carbocycles. The maximum atomic E-state index is 10.8. The SMILES string of the molecule is CC1CC(C)CN(c2ccc3nc(CC(=O)O)cn3c2)C1. The van der Waals surface area contributed by atoms with Gasteiger partial charge in [-0.05, 0) is 30.4 Å². The minimum Gasteiger partial charge on any atom is -0.481 e. The summed E-state index contributed by atoms with van der Waals surface area (Å²) >= 11 is 0. The zero-order valence-electron chi connectivity index (χ0n) is 12.5. The van der Waals surface area contributed by atoms with Gasteiger partial charge >= 0.3 is 5.97 Å². The second-order valence-electron chi connectivity index (χ2n) is 6.31. The van der Waals surface area contributed by atoms with E-state index in [2.05, 4.69) is 36.0 Å². The fourth-order valence-corrected chi connectivity index (χ4v) is 3.33. The molecule has 0 aliphatic carbocycles. The van der Waals surface area contributed by atoms with Crippen molar-refractivity contribution in [2.45, 2.75) is 26.7 Å². The Bertz CT molecular complexity index is 655. The van der Waals surface area contributed by atoms with Crippen molar-refractivity contribution in [1.29, 1.82) is 0 Å². The minimum absolute atomic E-state index is 0.0329. The molecule has 1 N–H and O–H groups in total. The van der Waals surface area contributed by atoms with E-state index in [9.17, 15) is 4.79 Å². The first-order valence-corrected chi connectivity index (χ1v) is 7.45. The number of rotatable bonds is 3. The maximum Gasteiger partial charge on any atom is 0.309 e. The number of hydrogen-bond acceptors (Lipinski definition) is 3. The summed E-state index contributed by atoms with van der Waals surface area (Å²) in [7, 11) is 0. The van der Waals surface area contributed by atoms with Crippen LogP contribution in [0.1, 0.15) is 26.0 Å². The van der Waals surface area contributed by atoms with Gasteiger partial charge in [0.1, 0.15) is 5.65 Å². The van der Waals surface area contributed by atoms with Gasteiger partial charge < -0.3 is 14.4 Å². The molecule has 1 aliphatic rings. The summed E-state index contributed by atoms with van der Waals surface area (Å²) < 4.78 is 1.93. The minimum atomic E-state index is -0.850. The van der Waals surface area contributed by atoms with Crippen LogP contribution in [0, 0.1) is 11.8 Å². The van der Waals surface area contributed by atoms with Gasteiger partial charge in [-0.1, -0.05) is 13.8 Å². The molecule has 0 amide bonds. The smallest absolute Gasteiger partial charge is 0.309 e. The highest BCUT2D eigenvalue weighted by Crippen LogP contribution is 2.26. The summed E-state index contributed by atoms with van der Waals surface area (Å²) in [5.74, 6) is 0.557. The van der Waals surface area contributed by atoms with Gasteiger partial charge in [-0.15, -0.1) is 0 Å². The van der Waals surface area contributed by atoms with Crippen molar-refractivity contribution in [2.24, 2.45) is 11.8 Å². The summed E-state index contributed by atoms with van der Waals surface area (Å²) in [6.07, 6.45) is 5.11. The molecule has 21 heavy (non-hydrogen) atoms. The van der Waals surface area contributed by atoms with Crippen molar-refractivity contribution in [1.82, 2.24) is 9.38 Å². The van der Waals surface area contributed by atoms with Gasteiger partial charge in [0.05, 0.1) is 17.8 Å². The van der Waals surface area contributed by atoms with Crippen molar-refractivity contribution in [2.75, 3.05) is 18.0 Å². The maximum absolute atomic E-state index is 10.8. The number of nitrogens with zero attached hydrogens (tertiary/aromatic N) is 3. The molecule has 1 aliphatic heterocycles. The average molecular weight is 287 g/mol. The summed E-state index contributed by atoms with van der Waals surface area (Å²) in [6, 6.07) is 4.04. The highest BCUT2D eigenvalue weighted by molar-refractivity contribution is 5.70. The van der Waals surface area contributed by atoms with Crippen molar-refractivity contribution in [3.8, 4) is 0 Å². The lowest BCUT2D eigenvalue weighted by Gasteiger charge is -2.36. The number of pyridine rings is 1. The molecule has 3 heterocycles. The third kappa shape index (κ3) is 3.01. The molecule has 5 heteroatoms. The molecular weight excluding hydrogens is 266 g/mol. The molecule has 0 spiro atoms. The van der Waals surface area contributed by atoms with Gasteiger partial charge in [-0.2, -0.15) is 0 Å². The van der Waals surface area contributed by atoms with Crippen LogP contribution in [0.2, 0.25) is 0 Å². The first kappa shape index (κ1) is 13.9. The Morgan fingerprint density at radius 1 is 1.29 bits per heavy atom. The molecule has 2 unspecified atom stereocenters. The monoisotopic (exact) mass is 287 g/mol. The first-order valence-electron chi connectivity index (χ1n) is 7.45. The molecule has 1 saturated heterocycles. The predicted octanol–water partition coefficient (Wildman–Crippen LogP) is 2.44. The second kappa shape index (κ2) is 5.39. The normalized spacial score (nSPS) is 22.7. The van der Waals surface area contributed by atoms with Crippen LogP contribution in [0.3, 0.4) is 0 Å². The van der Waals surface area contributed by atoms with E-state index in [1.807, 2.05) is 16.7 Å². The fourth-order valence-electron chi connectivity index (χ4n) is 3.33. The van der Waals surface area contributed by atoms with Crippen LogP contribution >= 0.6 is 0 Å². The molecule has 0 radical (unpaired) electrons. The number of imidazole rings is 1.